The van der Waals surface area contributed by atoms with Crippen LogP contribution in [-0.4, -0.2) is 31.1 Å². The Morgan fingerprint density at radius 3 is 2.81 bits per heavy atom. The molecule has 0 aliphatic rings. The summed E-state index contributed by atoms with van der Waals surface area (Å²) in [5.74, 6) is 2.26. The van der Waals surface area contributed by atoms with Gasteiger partial charge in [-0.1, -0.05) is 13.0 Å². The maximum atomic E-state index is 5.48. The van der Waals surface area contributed by atoms with Gasteiger partial charge in [0, 0.05) is 35.3 Å². The molecular weight excluding hydrogens is 344 g/mol. The SMILES string of the molecule is CCNC(=NCc1ncc(C)c(OC)c1C)NCC(C)Cc1cccs1. The van der Waals surface area contributed by atoms with Crippen LogP contribution in [0.3, 0.4) is 0 Å². The molecule has 0 spiro atoms. The highest BCUT2D eigenvalue weighted by Crippen LogP contribution is 2.24. The molecule has 0 saturated carbocycles. The fourth-order valence-corrected chi connectivity index (χ4v) is 3.71. The van der Waals surface area contributed by atoms with Crippen LogP contribution in [0.15, 0.2) is 28.7 Å². The molecule has 26 heavy (non-hydrogen) atoms. The van der Waals surface area contributed by atoms with Crippen molar-refractivity contribution in [3.63, 3.8) is 0 Å². The number of hydrogen-bond donors (Lipinski definition) is 2. The Hall–Kier alpha value is -2.08. The van der Waals surface area contributed by atoms with E-state index < -0.39 is 0 Å². The van der Waals surface area contributed by atoms with Gasteiger partial charge in [-0.3, -0.25) is 4.98 Å². The van der Waals surface area contributed by atoms with Crippen molar-refractivity contribution in [3.05, 3.63) is 45.4 Å². The molecule has 0 aliphatic heterocycles. The normalized spacial score (nSPS) is 12.7. The number of methoxy groups -OCH3 is 1. The molecule has 1 atom stereocenters. The highest BCUT2D eigenvalue weighted by atomic mass is 32.1. The first-order valence-corrected chi connectivity index (χ1v) is 9.96. The average molecular weight is 375 g/mol. The van der Waals surface area contributed by atoms with Crippen molar-refractivity contribution in [3.8, 4) is 5.75 Å². The van der Waals surface area contributed by atoms with E-state index in [2.05, 4.69) is 47.0 Å². The van der Waals surface area contributed by atoms with Gasteiger partial charge in [0.05, 0.1) is 19.3 Å². The molecule has 6 heteroatoms. The lowest BCUT2D eigenvalue weighted by Gasteiger charge is -2.16. The zero-order chi connectivity index (χ0) is 18.9. The highest BCUT2D eigenvalue weighted by Gasteiger charge is 2.10. The fraction of sp³-hybridized carbons (Fsp3) is 0.500. The Morgan fingerprint density at radius 2 is 2.15 bits per heavy atom. The van der Waals surface area contributed by atoms with Crippen molar-refractivity contribution in [2.45, 2.75) is 40.7 Å². The van der Waals surface area contributed by atoms with Gasteiger partial charge >= 0.3 is 0 Å². The zero-order valence-electron chi connectivity index (χ0n) is 16.4. The molecule has 0 aromatic carbocycles. The molecule has 5 nitrogen and oxygen atoms in total. The number of pyridine rings is 1. The van der Waals surface area contributed by atoms with Crippen molar-refractivity contribution in [1.29, 1.82) is 0 Å². The van der Waals surface area contributed by atoms with Gasteiger partial charge in [0.25, 0.3) is 0 Å². The summed E-state index contributed by atoms with van der Waals surface area (Å²) in [5, 5.41) is 8.89. The number of aromatic nitrogens is 1. The Bertz CT molecular complexity index is 713. The standard InChI is InChI=1S/C20H30N4OS/c1-6-21-20(23-11-14(2)10-17-8-7-9-26-17)24-13-18-16(4)19(25-5)15(3)12-22-18/h7-9,12,14H,6,10-11,13H2,1-5H3,(H2,21,23,24). The molecule has 142 valence electrons. The minimum atomic E-state index is 0.525. The largest absolute Gasteiger partial charge is 0.496 e. The highest BCUT2D eigenvalue weighted by molar-refractivity contribution is 7.09. The molecule has 0 aliphatic carbocycles. The van der Waals surface area contributed by atoms with Crippen LogP contribution in [0.5, 0.6) is 5.75 Å². The van der Waals surface area contributed by atoms with Gasteiger partial charge in [0.15, 0.2) is 5.96 Å². The van der Waals surface area contributed by atoms with Gasteiger partial charge in [0.2, 0.25) is 0 Å². The fourth-order valence-electron chi connectivity index (χ4n) is 2.84. The number of nitrogens with one attached hydrogen (secondary N) is 2. The third-order valence-electron chi connectivity index (χ3n) is 4.23. The predicted octanol–water partition coefficient (Wildman–Crippen LogP) is 3.70. The molecule has 0 saturated heterocycles. The lowest BCUT2D eigenvalue weighted by molar-refractivity contribution is 0.407. The second-order valence-corrected chi connectivity index (χ2v) is 7.54. The summed E-state index contributed by atoms with van der Waals surface area (Å²) in [6.07, 6.45) is 2.93. The average Bonchev–Trinajstić information content (AvgIpc) is 3.12. The van der Waals surface area contributed by atoms with Crippen LogP contribution >= 0.6 is 11.3 Å². The third kappa shape index (κ3) is 5.73. The van der Waals surface area contributed by atoms with E-state index >= 15 is 0 Å². The second kappa shape index (κ2) is 10.2. The van der Waals surface area contributed by atoms with Crippen LogP contribution in [-0.2, 0) is 13.0 Å². The molecule has 2 aromatic heterocycles. The number of hydrogen-bond acceptors (Lipinski definition) is 4. The van der Waals surface area contributed by atoms with E-state index in [9.17, 15) is 0 Å². The summed E-state index contributed by atoms with van der Waals surface area (Å²) in [6, 6.07) is 4.30. The summed E-state index contributed by atoms with van der Waals surface area (Å²) >= 11 is 1.82. The van der Waals surface area contributed by atoms with Crippen LogP contribution in [0.2, 0.25) is 0 Å². The first-order valence-electron chi connectivity index (χ1n) is 9.08. The van der Waals surface area contributed by atoms with E-state index in [4.69, 9.17) is 9.73 Å². The molecule has 2 heterocycles. The summed E-state index contributed by atoms with van der Waals surface area (Å²) in [5.41, 5.74) is 3.04. The summed E-state index contributed by atoms with van der Waals surface area (Å²) in [4.78, 5) is 10.6. The Morgan fingerprint density at radius 1 is 1.35 bits per heavy atom. The van der Waals surface area contributed by atoms with Crippen LogP contribution in [0.1, 0.15) is 35.5 Å². The van der Waals surface area contributed by atoms with Crippen molar-refractivity contribution in [2.75, 3.05) is 20.2 Å². The molecule has 0 amide bonds. The second-order valence-electron chi connectivity index (χ2n) is 6.51. The van der Waals surface area contributed by atoms with Crippen molar-refractivity contribution >= 4 is 17.3 Å². The van der Waals surface area contributed by atoms with Gasteiger partial charge in [-0.05, 0) is 44.6 Å². The first-order chi connectivity index (χ1) is 12.5. The number of ether oxygens (including phenoxy) is 1. The van der Waals surface area contributed by atoms with Crippen molar-refractivity contribution in [2.24, 2.45) is 10.9 Å². The number of rotatable bonds is 8. The topological polar surface area (TPSA) is 58.5 Å². The van der Waals surface area contributed by atoms with Crippen LogP contribution in [0.25, 0.3) is 0 Å². The van der Waals surface area contributed by atoms with E-state index in [1.807, 2.05) is 31.4 Å². The Balaban J connectivity index is 1.98. The van der Waals surface area contributed by atoms with Gasteiger partial charge in [-0.25, -0.2) is 4.99 Å². The predicted molar refractivity (Wildman–Crippen MR) is 110 cm³/mol. The molecule has 2 N–H and O–H groups in total. The van der Waals surface area contributed by atoms with Crippen molar-refractivity contribution in [1.82, 2.24) is 15.6 Å². The van der Waals surface area contributed by atoms with Crippen molar-refractivity contribution < 1.29 is 4.74 Å². The van der Waals surface area contributed by atoms with E-state index in [1.54, 1.807) is 7.11 Å². The molecule has 2 aromatic rings. The summed E-state index contributed by atoms with van der Waals surface area (Å²) in [7, 11) is 1.70. The van der Waals surface area contributed by atoms with E-state index in [-0.39, 0.29) is 0 Å². The van der Waals surface area contributed by atoms with Crippen LogP contribution < -0.4 is 15.4 Å². The first kappa shape index (κ1) is 20.2. The molecule has 0 fully saturated rings. The van der Waals surface area contributed by atoms with Gasteiger partial charge in [0.1, 0.15) is 5.75 Å². The van der Waals surface area contributed by atoms with E-state index in [0.717, 1.165) is 48.0 Å². The van der Waals surface area contributed by atoms with Gasteiger partial charge in [-0.15, -0.1) is 11.3 Å². The molecule has 0 bridgehead atoms. The molecular formula is C20H30N4OS. The lowest BCUT2D eigenvalue weighted by Crippen LogP contribution is -2.39. The van der Waals surface area contributed by atoms with Gasteiger partial charge in [-0.2, -0.15) is 0 Å². The van der Waals surface area contributed by atoms with Crippen LogP contribution in [0.4, 0.5) is 0 Å². The lowest BCUT2D eigenvalue weighted by atomic mass is 10.1. The summed E-state index contributed by atoms with van der Waals surface area (Å²) in [6.45, 7) is 10.6. The summed E-state index contributed by atoms with van der Waals surface area (Å²) < 4.78 is 5.48. The Labute approximate surface area is 160 Å². The van der Waals surface area contributed by atoms with Gasteiger partial charge < -0.3 is 15.4 Å². The number of aryl methyl sites for hydroxylation is 1. The molecule has 2 rings (SSSR count). The molecule has 1 unspecified atom stereocenters. The minimum absolute atomic E-state index is 0.525. The minimum Gasteiger partial charge on any atom is -0.496 e. The third-order valence-corrected chi connectivity index (χ3v) is 5.13. The van der Waals surface area contributed by atoms with E-state index in [1.165, 1.54) is 4.88 Å². The number of thiophene rings is 1. The monoisotopic (exact) mass is 374 g/mol. The quantitative estimate of drug-likeness (QED) is 0.546. The maximum Gasteiger partial charge on any atom is 0.191 e. The Kier molecular flexibility index (Phi) is 7.91. The maximum absolute atomic E-state index is 5.48. The zero-order valence-corrected chi connectivity index (χ0v) is 17.2. The molecule has 0 radical (unpaired) electrons. The number of aliphatic imine (C=N–C) groups is 1. The van der Waals surface area contributed by atoms with Crippen LogP contribution in [0, 0.1) is 19.8 Å². The number of guanidine groups is 1. The smallest absolute Gasteiger partial charge is 0.191 e. The van der Waals surface area contributed by atoms with E-state index in [0.29, 0.717) is 12.5 Å². The number of nitrogens with zero attached hydrogens (tertiary/aromatic N) is 2.